The van der Waals surface area contributed by atoms with Gasteiger partial charge in [-0.05, 0) is 45.3 Å². The molecule has 1 saturated heterocycles. The molecule has 2 N–H and O–H groups in total. The number of likely N-dealkylation sites (N-methyl/N-ethyl adjacent to an activating group) is 1. The van der Waals surface area contributed by atoms with Gasteiger partial charge in [-0.15, -0.1) is 0 Å². The van der Waals surface area contributed by atoms with Crippen LogP contribution in [0.2, 0.25) is 0 Å². The van der Waals surface area contributed by atoms with E-state index in [1.807, 2.05) is 0 Å². The molecular formula is C21H34N4O4. The zero-order chi connectivity index (χ0) is 21.6. The SMILES string of the molecule is CCN(CC)CCNC(=O)C1CCCN(C(=O)c2[nH]c(C)c(C(=O)OC)c2C)C1. The number of likely N-dealkylation sites (tertiary alicyclic amines) is 1. The highest BCUT2D eigenvalue weighted by molar-refractivity contribution is 6.00. The van der Waals surface area contributed by atoms with Crippen LogP contribution in [0.15, 0.2) is 0 Å². The van der Waals surface area contributed by atoms with Crippen molar-refractivity contribution in [2.75, 3.05) is 46.4 Å². The van der Waals surface area contributed by atoms with Crippen LogP contribution in [0.1, 0.15) is 58.8 Å². The van der Waals surface area contributed by atoms with E-state index < -0.39 is 5.97 Å². The van der Waals surface area contributed by atoms with Crippen LogP contribution in [-0.2, 0) is 9.53 Å². The largest absolute Gasteiger partial charge is 0.465 e. The molecule has 1 aliphatic heterocycles. The standard InChI is InChI=1S/C21H34N4O4/c1-6-24(7-2)12-10-22-19(26)16-9-8-11-25(13-16)20(27)18-14(3)17(15(4)23-18)21(28)29-5/h16,23H,6-13H2,1-5H3,(H,22,26). The molecule has 29 heavy (non-hydrogen) atoms. The molecule has 2 rings (SSSR count). The number of hydrogen-bond donors (Lipinski definition) is 2. The zero-order valence-electron chi connectivity index (χ0n) is 18.3. The molecule has 162 valence electrons. The lowest BCUT2D eigenvalue weighted by atomic mass is 9.96. The summed E-state index contributed by atoms with van der Waals surface area (Å²) in [5.41, 5.74) is 1.99. The third-order valence-corrected chi connectivity index (χ3v) is 5.74. The van der Waals surface area contributed by atoms with Crippen molar-refractivity contribution in [1.82, 2.24) is 20.1 Å². The molecular weight excluding hydrogens is 372 g/mol. The monoisotopic (exact) mass is 406 g/mol. The van der Waals surface area contributed by atoms with Crippen molar-refractivity contribution in [3.05, 3.63) is 22.5 Å². The predicted molar refractivity (Wildman–Crippen MR) is 111 cm³/mol. The summed E-state index contributed by atoms with van der Waals surface area (Å²) < 4.78 is 4.82. The number of hydrogen-bond acceptors (Lipinski definition) is 5. The number of esters is 1. The van der Waals surface area contributed by atoms with Crippen molar-refractivity contribution in [3.8, 4) is 0 Å². The first-order valence-corrected chi connectivity index (χ1v) is 10.4. The lowest BCUT2D eigenvalue weighted by Gasteiger charge is -2.32. The maximum absolute atomic E-state index is 13.1. The number of carbonyl (C=O) groups excluding carboxylic acids is 3. The van der Waals surface area contributed by atoms with Gasteiger partial charge in [0.2, 0.25) is 5.91 Å². The minimum Gasteiger partial charge on any atom is -0.465 e. The second-order valence-corrected chi connectivity index (χ2v) is 7.52. The Balaban J connectivity index is 2.01. The van der Waals surface area contributed by atoms with E-state index in [0.29, 0.717) is 42.1 Å². The van der Waals surface area contributed by atoms with E-state index in [9.17, 15) is 14.4 Å². The number of nitrogens with one attached hydrogen (secondary N) is 2. The summed E-state index contributed by atoms with van der Waals surface area (Å²) in [4.78, 5) is 44.6. The summed E-state index contributed by atoms with van der Waals surface area (Å²) in [5.74, 6) is -0.842. The summed E-state index contributed by atoms with van der Waals surface area (Å²) in [6, 6.07) is 0. The summed E-state index contributed by atoms with van der Waals surface area (Å²) in [5, 5.41) is 3.01. The van der Waals surface area contributed by atoms with E-state index in [0.717, 1.165) is 32.5 Å². The molecule has 0 spiro atoms. The van der Waals surface area contributed by atoms with Crippen LogP contribution in [0.3, 0.4) is 0 Å². The number of methoxy groups -OCH3 is 1. The average Bonchev–Trinajstić information content (AvgIpc) is 3.04. The van der Waals surface area contributed by atoms with E-state index in [4.69, 9.17) is 4.74 Å². The van der Waals surface area contributed by atoms with Crippen molar-refractivity contribution in [2.24, 2.45) is 5.92 Å². The molecule has 1 aliphatic rings. The molecule has 8 nitrogen and oxygen atoms in total. The number of amides is 2. The Kier molecular flexibility index (Phi) is 8.25. The number of aromatic amines is 1. The van der Waals surface area contributed by atoms with Gasteiger partial charge in [-0.25, -0.2) is 4.79 Å². The van der Waals surface area contributed by atoms with Crippen LogP contribution in [0.25, 0.3) is 0 Å². The fourth-order valence-electron chi connectivity index (χ4n) is 3.93. The molecule has 0 radical (unpaired) electrons. The maximum Gasteiger partial charge on any atom is 0.339 e. The topological polar surface area (TPSA) is 94.7 Å². The third kappa shape index (κ3) is 5.38. The molecule has 2 amide bonds. The molecule has 1 atom stereocenters. The molecule has 1 aromatic rings. The Morgan fingerprint density at radius 3 is 2.55 bits per heavy atom. The number of carbonyl (C=O) groups is 3. The second kappa shape index (κ2) is 10.4. The van der Waals surface area contributed by atoms with E-state index in [1.165, 1.54) is 7.11 Å². The smallest absolute Gasteiger partial charge is 0.339 e. The Morgan fingerprint density at radius 2 is 1.93 bits per heavy atom. The van der Waals surface area contributed by atoms with Crippen molar-refractivity contribution < 1.29 is 19.1 Å². The van der Waals surface area contributed by atoms with Crippen molar-refractivity contribution >= 4 is 17.8 Å². The molecule has 0 aliphatic carbocycles. The van der Waals surface area contributed by atoms with Crippen LogP contribution >= 0.6 is 0 Å². The van der Waals surface area contributed by atoms with Gasteiger partial charge >= 0.3 is 5.97 Å². The number of ether oxygens (including phenoxy) is 1. The summed E-state index contributed by atoms with van der Waals surface area (Å²) in [6.07, 6.45) is 1.56. The summed E-state index contributed by atoms with van der Waals surface area (Å²) >= 11 is 0. The molecule has 1 fully saturated rings. The van der Waals surface area contributed by atoms with Crippen LogP contribution in [0, 0.1) is 19.8 Å². The first-order chi connectivity index (χ1) is 13.8. The van der Waals surface area contributed by atoms with E-state index in [2.05, 4.69) is 29.0 Å². The van der Waals surface area contributed by atoms with Gasteiger partial charge in [-0.1, -0.05) is 13.8 Å². The van der Waals surface area contributed by atoms with E-state index >= 15 is 0 Å². The minimum absolute atomic E-state index is 0.00398. The first kappa shape index (κ1) is 22.9. The van der Waals surface area contributed by atoms with Gasteiger partial charge < -0.3 is 24.8 Å². The number of H-pyrrole nitrogens is 1. The Hall–Kier alpha value is -2.35. The number of aryl methyl sites for hydroxylation is 1. The molecule has 1 unspecified atom stereocenters. The average molecular weight is 407 g/mol. The van der Waals surface area contributed by atoms with Crippen LogP contribution in [-0.4, -0.2) is 78.9 Å². The molecule has 2 heterocycles. The highest BCUT2D eigenvalue weighted by Gasteiger charge is 2.31. The van der Waals surface area contributed by atoms with Gasteiger partial charge in [0, 0.05) is 31.9 Å². The lowest BCUT2D eigenvalue weighted by molar-refractivity contribution is -0.126. The van der Waals surface area contributed by atoms with Gasteiger partial charge in [-0.2, -0.15) is 0 Å². The van der Waals surface area contributed by atoms with Crippen LogP contribution in [0.5, 0.6) is 0 Å². The van der Waals surface area contributed by atoms with Crippen molar-refractivity contribution in [2.45, 2.75) is 40.5 Å². The molecule has 0 aromatic carbocycles. The fourth-order valence-corrected chi connectivity index (χ4v) is 3.93. The lowest BCUT2D eigenvalue weighted by Crippen LogP contribution is -2.46. The maximum atomic E-state index is 13.1. The quantitative estimate of drug-likeness (QED) is 0.641. The van der Waals surface area contributed by atoms with Gasteiger partial charge in [-0.3, -0.25) is 9.59 Å². The predicted octanol–water partition coefficient (Wildman–Crippen LogP) is 1.73. The van der Waals surface area contributed by atoms with Crippen LogP contribution < -0.4 is 5.32 Å². The van der Waals surface area contributed by atoms with Gasteiger partial charge in [0.25, 0.3) is 5.91 Å². The fraction of sp³-hybridized carbons (Fsp3) is 0.667. The zero-order valence-corrected chi connectivity index (χ0v) is 18.3. The number of aromatic nitrogens is 1. The molecule has 0 bridgehead atoms. The van der Waals surface area contributed by atoms with Gasteiger partial charge in [0.05, 0.1) is 18.6 Å². The van der Waals surface area contributed by atoms with Crippen molar-refractivity contribution in [1.29, 1.82) is 0 Å². The highest BCUT2D eigenvalue weighted by Crippen LogP contribution is 2.23. The molecule has 8 heteroatoms. The normalized spacial score (nSPS) is 16.8. The van der Waals surface area contributed by atoms with E-state index in [1.54, 1.807) is 18.7 Å². The number of piperidine rings is 1. The molecule has 1 aromatic heterocycles. The Morgan fingerprint density at radius 1 is 1.24 bits per heavy atom. The second-order valence-electron chi connectivity index (χ2n) is 7.52. The third-order valence-electron chi connectivity index (χ3n) is 5.74. The van der Waals surface area contributed by atoms with Crippen molar-refractivity contribution in [3.63, 3.8) is 0 Å². The van der Waals surface area contributed by atoms with E-state index in [-0.39, 0.29) is 17.7 Å². The Labute approximate surface area is 173 Å². The highest BCUT2D eigenvalue weighted by atomic mass is 16.5. The number of nitrogens with zero attached hydrogens (tertiary/aromatic N) is 2. The minimum atomic E-state index is -0.459. The number of rotatable bonds is 8. The summed E-state index contributed by atoms with van der Waals surface area (Å²) in [7, 11) is 1.32. The van der Waals surface area contributed by atoms with Gasteiger partial charge in [0.15, 0.2) is 0 Å². The molecule has 0 saturated carbocycles. The summed E-state index contributed by atoms with van der Waals surface area (Å²) in [6.45, 7) is 12.0. The van der Waals surface area contributed by atoms with Gasteiger partial charge in [0.1, 0.15) is 5.69 Å². The van der Waals surface area contributed by atoms with Crippen LogP contribution in [0.4, 0.5) is 0 Å². The Bertz CT molecular complexity index is 739. The first-order valence-electron chi connectivity index (χ1n) is 10.4.